The standard InChI is InChI=1S/C13H22N2O2/c1-8-6-14-5-4-11(8)7-15-12(16)9(2)10(3)13(15)17/h8-11,14H,4-7H2,1-3H3. The Bertz CT molecular complexity index is 309. The van der Waals surface area contributed by atoms with Gasteiger partial charge in [-0.3, -0.25) is 14.5 Å². The first kappa shape index (κ1) is 12.6. The van der Waals surface area contributed by atoms with Gasteiger partial charge in [0.2, 0.25) is 11.8 Å². The summed E-state index contributed by atoms with van der Waals surface area (Å²) in [7, 11) is 0. The molecule has 2 fully saturated rings. The van der Waals surface area contributed by atoms with Gasteiger partial charge in [-0.1, -0.05) is 20.8 Å². The second-order valence-electron chi connectivity index (χ2n) is 5.59. The summed E-state index contributed by atoms with van der Waals surface area (Å²) in [5.74, 6) is 0.762. The van der Waals surface area contributed by atoms with Crippen molar-refractivity contribution < 1.29 is 9.59 Å². The van der Waals surface area contributed by atoms with Gasteiger partial charge in [0.1, 0.15) is 0 Å². The van der Waals surface area contributed by atoms with E-state index in [4.69, 9.17) is 0 Å². The van der Waals surface area contributed by atoms with Crippen molar-refractivity contribution in [3.63, 3.8) is 0 Å². The number of nitrogens with zero attached hydrogens (tertiary/aromatic N) is 1. The number of hydrogen-bond donors (Lipinski definition) is 1. The molecule has 0 aromatic carbocycles. The lowest BCUT2D eigenvalue weighted by molar-refractivity contribution is -0.140. The van der Waals surface area contributed by atoms with Gasteiger partial charge in [-0.05, 0) is 31.3 Å². The zero-order valence-corrected chi connectivity index (χ0v) is 10.9. The molecular weight excluding hydrogens is 216 g/mol. The first-order chi connectivity index (χ1) is 8.02. The fraction of sp³-hybridized carbons (Fsp3) is 0.846. The van der Waals surface area contributed by atoms with Crippen LogP contribution in [0, 0.1) is 23.7 Å². The third-order valence-electron chi connectivity index (χ3n) is 4.44. The third kappa shape index (κ3) is 2.23. The maximum Gasteiger partial charge on any atom is 0.232 e. The van der Waals surface area contributed by atoms with Gasteiger partial charge in [-0.2, -0.15) is 0 Å². The molecule has 96 valence electrons. The van der Waals surface area contributed by atoms with Crippen molar-refractivity contribution in [2.24, 2.45) is 23.7 Å². The molecule has 2 heterocycles. The minimum absolute atomic E-state index is 0.0215. The molecule has 2 amide bonds. The molecule has 0 spiro atoms. The predicted octanol–water partition coefficient (Wildman–Crippen LogP) is 0.873. The molecule has 0 aliphatic carbocycles. The van der Waals surface area contributed by atoms with Crippen molar-refractivity contribution in [1.82, 2.24) is 10.2 Å². The van der Waals surface area contributed by atoms with E-state index in [-0.39, 0.29) is 23.7 Å². The largest absolute Gasteiger partial charge is 0.316 e. The topological polar surface area (TPSA) is 49.4 Å². The normalized spacial score (nSPS) is 38.9. The van der Waals surface area contributed by atoms with Crippen LogP contribution in [0.5, 0.6) is 0 Å². The van der Waals surface area contributed by atoms with E-state index in [1.165, 1.54) is 4.90 Å². The van der Waals surface area contributed by atoms with Crippen molar-refractivity contribution in [3.8, 4) is 0 Å². The average Bonchev–Trinajstić information content (AvgIpc) is 2.50. The van der Waals surface area contributed by atoms with Gasteiger partial charge >= 0.3 is 0 Å². The highest BCUT2D eigenvalue weighted by Crippen LogP contribution is 2.28. The van der Waals surface area contributed by atoms with E-state index in [9.17, 15) is 9.59 Å². The molecule has 0 aromatic rings. The van der Waals surface area contributed by atoms with Gasteiger partial charge in [-0.25, -0.2) is 0 Å². The monoisotopic (exact) mass is 238 g/mol. The first-order valence-electron chi connectivity index (χ1n) is 6.58. The molecule has 17 heavy (non-hydrogen) atoms. The van der Waals surface area contributed by atoms with Crippen LogP contribution >= 0.6 is 0 Å². The molecule has 2 aliphatic heterocycles. The Kier molecular flexibility index (Phi) is 3.52. The van der Waals surface area contributed by atoms with Crippen molar-refractivity contribution in [3.05, 3.63) is 0 Å². The fourth-order valence-electron chi connectivity index (χ4n) is 2.78. The van der Waals surface area contributed by atoms with E-state index >= 15 is 0 Å². The maximum absolute atomic E-state index is 12.0. The average molecular weight is 238 g/mol. The van der Waals surface area contributed by atoms with Crippen LogP contribution in [0.4, 0.5) is 0 Å². The zero-order valence-electron chi connectivity index (χ0n) is 10.9. The summed E-state index contributed by atoms with van der Waals surface area (Å²) in [6, 6.07) is 0. The van der Waals surface area contributed by atoms with Crippen LogP contribution in [0.2, 0.25) is 0 Å². The lowest BCUT2D eigenvalue weighted by Crippen LogP contribution is -2.43. The Hall–Kier alpha value is -0.900. The second-order valence-corrected chi connectivity index (χ2v) is 5.59. The van der Waals surface area contributed by atoms with E-state index in [0.717, 1.165) is 19.5 Å². The van der Waals surface area contributed by atoms with E-state index in [2.05, 4.69) is 12.2 Å². The Morgan fingerprint density at radius 2 is 1.76 bits per heavy atom. The zero-order chi connectivity index (χ0) is 12.6. The summed E-state index contributed by atoms with van der Waals surface area (Å²) in [6.45, 7) is 8.51. The SMILES string of the molecule is CC1CNCCC1CN1C(=O)C(C)C(C)C1=O. The molecule has 2 saturated heterocycles. The summed E-state index contributed by atoms with van der Waals surface area (Å²) < 4.78 is 0. The van der Waals surface area contributed by atoms with Crippen LogP contribution in [0.1, 0.15) is 27.2 Å². The minimum atomic E-state index is -0.139. The first-order valence-corrected chi connectivity index (χ1v) is 6.58. The molecule has 4 heteroatoms. The van der Waals surface area contributed by atoms with E-state index in [1.807, 2.05) is 13.8 Å². The van der Waals surface area contributed by atoms with E-state index < -0.39 is 0 Å². The quantitative estimate of drug-likeness (QED) is 0.726. The van der Waals surface area contributed by atoms with Crippen LogP contribution < -0.4 is 5.32 Å². The molecule has 0 aromatic heterocycles. The molecule has 0 radical (unpaired) electrons. The minimum Gasteiger partial charge on any atom is -0.316 e. The van der Waals surface area contributed by atoms with Crippen LogP contribution in [0.25, 0.3) is 0 Å². The molecule has 4 nitrogen and oxygen atoms in total. The number of amides is 2. The number of carbonyl (C=O) groups is 2. The van der Waals surface area contributed by atoms with E-state index in [1.54, 1.807) is 0 Å². The van der Waals surface area contributed by atoms with E-state index in [0.29, 0.717) is 18.4 Å². The molecule has 1 N–H and O–H groups in total. The number of nitrogens with one attached hydrogen (secondary N) is 1. The Labute approximate surface area is 103 Å². The summed E-state index contributed by atoms with van der Waals surface area (Å²) in [5.41, 5.74) is 0. The number of carbonyl (C=O) groups excluding carboxylic acids is 2. The lowest BCUT2D eigenvalue weighted by Gasteiger charge is -2.32. The van der Waals surface area contributed by atoms with Crippen molar-refractivity contribution in [2.75, 3.05) is 19.6 Å². The fourth-order valence-corrected chi connectivity index (χ4v) is 2.78. The van der Waals surface area contributed by atoms with Crippen LogP contribution in [-0.4, -0.2) is 36.3 Å². The molecule has 4 unspecified atom stereocenters. The second kappa shape index (κ2) is 4.77. The van der Waals surface area contributed by atoms with Gasteiger partial charge in [0.05, 0.1) is 0 Å². The van der Waals surface area contributed by atoms with Gasteiger partial charge in [-0.15, -0.1) is 0 Å². The van der Waals surface area contributed by atoms with Crippen LogP contribution in [0.15, 0.2) is 0 Å². The van der Waals surface area contributed by atoms with Gasteiger partial charge in [0.15, 0.2) is 0 Å². The summed E-state index contributed by atoms with van der Waals surface area (Å²) >= 11 is 0. The Balaban J connectivity index is 2.03. The number of rotatable bonds is 2. The van der Waals surface area contributed by atoms with Gasteiger partial charge in [0, 0.05) is 18.4 Å². The Morgan fingerprint density at radius 1 is 1.18 bits per heavy atom. The van der Waals surface area contributed by atoms with Crippen LogP contribution in [-0.2, 0) is 9.59 Å². The van der Waals surface area contributed by atoms with Gasteiger partial charge < -0.3 is 5.32 Å². The van der Waals surface area contributed by atoms with Crippen molar-refractivity contribution >= 4 is 11.8 Å². The molecule has 2 rings (SSSR count). The molecule has 4 atom stereocenters. The highest BCUT2D eigenvalue weighted by Gasteiger charge is 2.43. The molecular formula is C13H22N2O2. The van der Waals surface area contributed by atoms with Crippen LogP contribution in [0.3, 0.4) is 0 Å². The summed E-state index contributed by atoms with van der Waals surface area (Å²) in [4.78, 5) is 25.5. The number of likely N-dealkylation sites (tertiary alicyclic amines) is 1. The molecule has 0 saturated carbocycles. The highest BCUT2D eigenvalue weighted by atomic mass is 16.2. The predicted molar refractivity (Wildman–Crippen MR) is 65.2 cm³/mol. The number of piperidine rings is 1. The highest BCUT2D eigenvalue weighted by molar-refractivity contribution is 6.04. The number of imide groups is 1. The summed E-state index contributed by atoms with van der Waals surface area (Å²) in [6.07, 6.45) is 1.06. The Morgan fingerprint density at radius 3 is 2.29 bits per heavy atom. The summed E-state index contributed by atoms with van der Waals surface area (Å²) in [5, 5.41) is 3.34. The maximum atomic E-state index is 12.0. The van der Waals surface area contributed by atoms with Crippen molar-refractivity contribution in [2.45, 2.75) is 27.2 Å². The lowest BCUT2D eigenvalue weighted by atomic mass is 9.87. The molecule has 2 aliphatic rings. The smallest absolute Gasteiger partial charge is 0.232 e. The molecule has 0 bridgehead atoms. The van der Waals surface area contributed by atoms with Crippen molar-refractivity contribution in [1.29, 1.82) is 0 Å². The van der Waals surface area contributed by atoms with Gasteiger partial charge in [0.25, 0.3) is 0 Å². The third-order valence-corrected chi connectivity index (χ3v) is 4.44. The number of hydrogen-bond acceptors (Lipinski definition) is 3.